The number of thiophene rings is 1. The van der Waals surface area contributed by atoms with Gasteiger partial charge >= 0.3 is 0 Å². The summed E-state index contributed by atoms with van der Waals surface area (Å²) in [6.45, 7) is 9.42. The number of fused-ring (bicyclic) bond motifs is 2. The van der Waals surface area contributed by atoms with Crippen molar-refractivity contribution < 1.29 is 9.47 Å². The van der Waals surface area contributed by atoms with Gasteiger partial charge < -0.3 is 9.47 Å². The van der Waals surface area contributed by atoms with Crippen LogP contribution in [0, 0.1) is 6.92 Å². The maximum absolute atomic E-state index is 6.00. The topological polar surface area (TPSA) is 21.7 Å². The summed E-state index contributed by atoms with van der Waals surface area (Å²) in [6, 6.07) is 2.70. The largest absolute Gasteiger partial charge is 0.374 e. The lowest BCUT2D eigenvalue weighted by Crippen LogP contribution is -2.42. The van der Waals surface area contributed by atoms with Gasteiger partial charge in [0, 0.05) is 24.0 Å². The van der Waals surface area contributed by atoms with Gasteiger partial charge in [0.1, 0.15) is 0 Å². The van der Waals surface area contributed by atoms with Crippen LogP contribution in [-0.2, 0) is 16.0 Å². The summed E-state index contributed by atoms with van der Waals surface area (Å²) >= 11 is 1.86. The molecule has 0 unspecified atom stereocenters. The van der Waals surface area contributed by atoms with Crippen LogP contribution in [0.25, 0.3) is 0 Å². The molecule has 1 aromatic rings. The standard InChI is InChI=1S/C16H23NO2S/c1-3-8-19-16-13-4-5-14(16)18-9-7-17(13)11-15-12(2)6-10-20-15/h3,6,10,13-14,16H,1,4-5,7-9,11H2,2H3/t13-,14-,16+/m1/s1. The summed E-state index contributed by atoms with van der Waals surface area (Å²) in [4.78, 5) is 4.03. The Morgan fingerprint density at radius 1 is 1.55 bits per heavy atom. The molecule has 2 aliphatic rings. The number of hydrogen-bond acceptors (Lipinski definition) is 4. The SMILES string of the molecule is C=CCO[C@H]1[C@H]2CC[C@H]1OCCN2Cc1sccc1C. The second kappa shape index (κ2) is 6.39. The summed E-state index contributed by atoms with van der Waals surface area (Å²) in [5.74, 6) is 0. The molecule has 1 saturated heterocycles. The van der Waals surface area contributed by atoms with Gasteiger partial charge in [0.15, 0.2) is 0 Å². The van der Waals surface area contributed by atoms with Crippen LogP contribution in [0.15, 0.2) is 24.1 Å². The number of aryl methyl sites for hydroxylation is 1. The minimum atomic E-state index is 0.204. The molecule has 110 valence electrons. The predicted octanol–water partition coefficient (Wildman–Crippen LogP) is 2.99. The molecule has 1 aliphatic heterocycles. The third-order valence-electron chi connectivity index (χ3n) is 4.39. The van der Waals surface area contributed by atoms with E-state index in [1.54, 1.807) is 0 Å². The van der Waals surface area contributed by atoms with Crippen LogP contribution in [0.1, 0.15) is 23.3 Å². The minimum Gasteiger partial charge on any atom is -0.374 e. The second-order valence-electron chi connectivity index (χ2n) is 5.64. The highest BCUT2D eigenvalue weighted by molar-refractivity contribution is 7.10. The molecule has 20 heavy (non-hydrogen) atoms. The van der Waals surface area contributed by atoms with E-state index in [-0.39, 0.29) is 12.2 Å². The maximum Gasteiger partial charge on any atom is 0.0995 e. The molecule has 4 heteroatoms. The van der Waals surface area contributed by atoms with Crippen molar-refractivity contribution in [3.05, 3.63) is 34.5 Å². The fraction of sp³-hybridized carbons (Fsp3) is 0.625. The van der Waals surface area contributed by atoms with Crippen molar-refractivity contribution in [2.24, 2.45) is 0 Å². The average molecular weight is 293 g/mol. The monoisotopic (exact) mass is 293 g/mol. The van der Waals surface area contributed by atoms with Crippen LogP contribution in [0.4, 0.5) is 0 Å². The Morgan fingerprint density at radius 2 is 2.45 bits per heavy atom. The summed E-state index contributed by atoms with van der Waals surface area (Å²) in [6.07, 6.45) is 4.60. The maximum atomic E-state index is 6.00. The lowest BCUT2D eigenvalue weighted by atomic mass is 10.1. The predicted molar refractivity (Wildman–Crippen MR) is 82.2 cm³/mol. The van der Waals surface area contributed by atoms with Crippen LogP contribution < -0.4 is 0 Å². The highest BCUT2D eigenvalue weighted by atomic mass is 32.1. The minimum absolute atomic E-state index is 0.204. The highest BCUT2D eigenvalue weighted by Gasteiger charge is 2.42. The van der Waals surface area contributed by atoms with Gasteiger partial charge in [-0.3, -0.25) is 4.90 Å². The zero-order valence-electron chi connectivity index (χ0n) is 12.1. The number of hydrogen-bond donors (Lipinski definition) is 0. The molecule has 0 aromatic carbocycles. The summed E-state index contributed by atoms with van der Waals surface area (Å²) in [7, 11) is 0. The molecule has 3 nitrogen and oxygen atoms in total. The Balaban J connectivity index is 1.73. The molecule has 1 aliphatic carbocycles. The van der Waals surface area contributed by atoms with Crippen LogP contribution in [0.2, 0.25) is 0 Å². The molecule has 2 fully saturated rings. The lowest BCUT2D eigenvalue weighted by Gasteiger charge is -2.30. The number of ether oxygens (including phenoxy) is 2. The van der Waals surface area contributed by atoms with E-state index >= 15 is 0 Å². The zero-order valence-corrected chi connectivity index (χ0v) is 12.9. The van der Waals surface area contributed by atoms with Crippen molar-refractivity contribution in [2.45, 2.75) is 44.6 Å². The summed E-state index contributed by atoms with van der Waals surface area (Å²) < 4.78 is 12.0. The van der Waals surface area contributed by atoms with Gasteiger partial charge in [0.2, 0.25) is 0 Å². The van der Waals surface area contributed by atoms with Crippen molar-refractivity contribution in [3.63, 3.8) is 0 Å². The van der Waals surface area contributed by atoms with Gasteiger partial charge in [-0.25, -0.2) is 0 Å². The van der Waals surface area contributed by atoms with Crippen LogP contribution >= 0.6 is 11.3 Å². The van der Waals surface area contributed by atoms with Crippen molar-refractivity contribution in [3.8, 4) is 0 Å². The van der Waals surface area contributed by atoms with Gasteiger partial charge in [-0.05, 0) is 36.8 Å². The molecule has 3 rings (SSSR count). The van der Waals surface area contributed by atoms with Crippen LogP contribution in [-0.4, -0.2) is 42.9 Å². The zero-order chi connectivity index (χ0) is 13.9. The van der Waals surface area contributed by atoms with E-state index in [1.165, 1.54) is 16.9 Å². The molecular weight excluding hydrogens is 270 g/mol. The Labute approximate surface area is 125 Å². The van der Waals surface area contributed by atoms with E-state index in [2.05, 4.69) is 29.8 Å². The van der Waals surface area contributed by atoms with E-state index in [0.717, 1.165) is 26.1 Å². The number of nitrogens with zero attached hydrogens (tertiary/aromatic N) is 1. The molecule has 3 atom stereocenters. The molecule has 1 aromatic heterocycles. The molecule has 0 N–H and O–H groups in total. The van der Waals surface area contributed by atoms with Crippen LogP contribution in [0.5, 0.6) is 0 Å². The first-order chi connectivity index (χ1) is 9.79. The smallest absolute Gasteiger partial charge is 0.0995 e. The Hall–Kier alpha value is -0.680. The highest BCUT2D eigenvalue weighted by Crippen LogP contribution is 2.33. The van der Waals surface area contributed by atoms with Crippen molar-refractivity contribution in [1.29, 1.82) is 0 Å². The van der Waals surface area contributed by atoms with Crippen molar-refractivity contribution in [1.82, 2.24) is 4.90 Å². The van der Waals surface area contributed by atoms with Crippen molar-refractivity contribution in [2.75, 3.05) is 19.8 Å². The first-order valence-electron chi connectivity index (χ1n) is 7.40. The summed E-state index contributed by atoms with van der Waals surface area (Å²) in [5.41, 5.74) is 1.40. The van der Waals surface area contributed by atoms with E-state index in [4.69, 9.17) is 9.47 Å². The van der Waals surface area contributed by atoms with Gasteiger partial charge in [0.05, 0.1) is 25.4 Å². The van der Waals surface area contributed by atoms with E-state index in [9.17, 15) is 0 Å². The van der Waals surface area contributed by atoms with E-state index in [1.807, 2.05) is 17.4 Å². The molecule has 1 saturated carbocycles. The molecule has 0 amide bonds. The molecular formula is C16H23NO2S. The van der Waals surface area contributed by atoms with Gasteiger partial charge in [-0.15, -0.1) is 17.9 Å². The first kappa shape index (κ1) is 14.3. The quantitative estimate of drug-likeness (QED) is 0.779. The lowest BCUT2D eigenvalue weighted by molar-refractivity contribution is -0.0447. The number of rotatable bonds is 5. The molecule has 0 radical (unpaired) electrons. The summed E-state index contributed by atoms with van der Waals surface area (Å²) in [5, 5.41) is 2.18. The normalized spacial score (nSPS) is 30.4. The Morgan fingerprint density at radius 3 is 3.20 bits per heavy atom. The Kier molecular flexibility index (Phi) is 4.56. The second-order valence-corrected chi connectivity index (χ2v) is 6.64. The van der Waals surface area contributed by atoms with Gasteiger partial charge in [0.25, 0.3) is 0 Å². The fourth-order valence-corrected chi connectivity index (χ4v) is 4.24. The molecule has 2 bridgehead atoms. The molecule has 0 spiro atoms. The third kappa shape index (κ3) is 2.84. The molecule has 2 heterocycles. The van der Waals surface area contributed by atoms with E-state index in [0.29, 0.717) is 12.6 Å². The fourth-order valence-electron chi connectivity index (χ4n) is 3.31. The van der Waals surface area contributed by atoms with Crippen LogP contribution in [0.3, 0.4) is 0 Å². The van der Waals surface area contributed by atoms with Gasteiger partial charge in [-0.2, -0.15) is 0 Å². The average Bonchev–Trinajstić information content (AvgIpc) is 2.96. The first-order valence-corrected chi connectivity index (χ1v) is 8.28. The van der Waals surface area contributed by atoms with Crippen molar-refractivity contribution >= 4 is 11.3 Å². The third-order valence-corrected chi connectivity index (χ3v) is 5.40. The Bertz CT molecular complexity index is 459. The van der Waals surface area contributed by atoms with Gasteiger partial charge in [-0.1, -0.05) is 6.08 Å². The van der Waals surface area contributed by atoms with E-state index < -0.39 is 0 Å².